The van der Waals surface area contributed by atoms with Gasteiger partial charge >= 0.3 is 18.0 Å². The summed E-state index contributed by atoms with van der Waals surface area (Å²) < 4.78 is 0. The van der Waals surface area contributed by atoms with Crippen LogP contribution in [0.15, 0.2) is 0 Å². The van der Waals surface area contributed by atoms with Crippen LogP contribution < -0.4 is 10.6 Å². The lowest BCUT2D eigenvalue weighted by atomic mass is 10.1. The highest BCUT2D eigenvalue weighted by molar-refractivity contribution is 5.83. The van der Waals surface area contributed by atoms with Crippen molar-refractivity contribution in [3.05, 3.63) is 0 Å². The Balaban J connectivity index is 1.90. The largest absolute Gasteiger partial charge is 0.480 e. The number of carbonyl (C=O) groups excluding carboxylic acids is 2. The normalized spacial score (nSPS) is 23.1. The van der Waals surface area contributed by atoms with Gasteiger partial charge in [0, 0.05) is 26.2 Å². The highest BCUT2D eigenvalue weighted by Crippen LogP contribution is 2.14. The van der Waals surface area contributed by atoms with Crippen LogP contribution in [-0.4, -0.2) is 71.2 Å². The van der Waals surface area contributed by atoms with Gasteiger partial charge in [0.2, 0.25) is 0 Å². The molecule has 3 N–H and O–H groups in total. The molecule has 20 heavy (non-hydrogen) atoms. The Kier molecular flexibility index (Phi) is 4.31. The zero-order valence-electron chi connectivity index (χ0n) is 11.5. The lowest BCUT2D eigenvalue weighted by Crippen LogP contribution is -2.57. The minimum Gasteiger partial charge on any atom is -0.480 e. The summed E-state index contributed by atoms with van der Waals surface area (Å²) in [7, 11) is 0. The summed E-state index contributed by atoms with van der Waals surface area (Å²) in [5, 5.41) is 14.3. The van der Waals surface area contributed by atoms with Gasteiger partial charge in [-0.05, 0) is 6.42 Å². The maximum atomic E-state index is 12.1. The van der Waals surface area contributed by atoms with E-state index in [0.717, 1.165) is 0 Å². The number of amides is 4. The molecule has 2 aliphatic heterocycles. The molecule has 2 saturated heterocycles. The quantitative estimate of drug-likeness (QED) is 0.657. The van der Waals surface area contributed by atoms with E-state index in [9.17, 15) is 14.4 Å². The number of nitrogens with zero attached hydrogens (tertiary/aromatic N) is 2. The lowest BCUT2D eigenvalue weighted by molar-refractivity contribution is -0.139. The van der Waals surface area contributed by atoms with Crippen molar-refractivity contribution in [2.75, 3.05) is 26.2 Å². The van der Waals surface area contributed by atoms with Gasteiger partial charge < -0.3 is 25.5 Å². The molecular weight excluding hydrogens is 264 g/mol. The number of carboxylic acids is 1. The Hall–Kier alpha value is -1.99. The standard InChI is InChI=1S/C12H20N4O4/c1-2-3-9(10(17)18)14-12(20)15-4-5-16-8(7-15)6-13-11(16)19/h8-9H,2-7H2,1H3,(H,13,19)(H,14,20)(H,17,18)/t8?,9-/m1/s1. The van der Waals surface area contributed by atoms with Gasteiger partial charge in [0.1, 0.15) is 6.04 Å². The Bertz CT molecular complexity index is 414. The van der Waals surface area contributed by atoms with Crippen molar-refractivity contribution in [3.63, 3.8) is 0 Å². The smallest absolute Gasteiger partial charge is 0.326 e. The number of fused-ring (bicyclic) bond motifs is 1. The maximum Gasteiger partial charge on any atom is 0.326 e. The van der Waals surface area contributed by atoms with Crippen molar-refractivity contribution < 1.29 is 19.5 Å². The van der Waals surface area contributed by atoms with Gasteiger partial charge in [-0.15, -0.1) is 0 Å². The molecule has 8 nitrogen and oxygen atoms in total. The molecule has 0 saturated carbocycles. The van der Waals surface area contributed by atoms with E-state index < -0.39 is 12.0 Å². The molecule has 2 fully saturated rings. The first-order valence-corrected chi connectivity index (χ1v) is 6.85. The van der Waals surface area contributed by atoms with Crippen LogP contribution in [0.25, 0.3) is 0 Å². The number of rotatable bonds is 4. The van der Waals surface area contributed by atoms with Crippen LogP contribution in [0.2, 0.25) is 0 Å². The fourth-order valence-electron chi connectivity index (χ4n) is 2.57. The third-order valence-electron chi connectivity index (χ3n) is 3.69. The first-order chi connectivity index (χ1) is 9.52. The van der Waals surface area contributed by atoms with Gasteiger partial charge in [0.15, 0.2) is 0 Å². The fraction of sp³-hybridized carbons (Fsp3) is 0.750. The molecule has 2 aliphatic rings. The van der Waals surface area contributed by atoms with Crippen molar-refractivity contribution in [1.29, 1.82) is 0 Å². The zero-order chi connectivity index (χ0) is 14.7. The summed E-state index contributed by atoms with van der Waals surface area (Å²) >= 11 is 0. The number of aliphatic carboxylic acids is 1. The minimum absolute atomic E-state index is 0.0172. The van der Waals surface area contributed by atoms with Crippen LogP contribution in [0.3, 0.4) is 0 Å². The molecule has 2 heterocycles. The van der Waals surface area contributed by atoms with E-state index in [4.69, 9.17) is 5.11 Å². The average molecular weight is 284 g/mol. The molecule has 0 aliphatic carbocycles. The second-order valence-electron chi connectivity index (χ2n) is 5.11. The van der Waals surface area contributed by atoms with Gasteiger partial charge in [-0.3, -0.25) is 0 Å². The van der Waals surface area contributed by atoms with Crippen LogP contribution >= 0.6 is 0 Å². The van der Waals surface area contributed by atoms with Gasteiger partial charge in [-0.2, -0.15) is 0 Å². The zero-order valence-corrected chi connectivity index (χ0v) is 11.5. The number of nitrogens with one attached hydrogen (secondary N) is 2. The van der Waals surface area contributed by atoms with Crippen molar-refractivity contribution >= 4 is 18.0 Å². The summed E-state index contributed by atoms with van der Waals surface area (Å²) in [6.07, 6.45) is 1.09. The monoisotopic (exact) mass is 284 g/mol. The SMILES string of the molecule is CCC[C@@H](NC(=O)N1CCN2C(=O)NCC2C1)C(=O)O. The first kappa shape index (κ1) is 14.4. The van der Waals surface area contributed by atoms with E-state index in [1.165, 1.54) is 0 Å². The third-order valence-corrected chi connectivity index (χ3v) is 3.69. The Morgan fingerprint density at radius 1 is 1.50 bits per heavy atom. The van der Waals surface area contributed by atoms with Crippen molar-refractivity contribution in [2.45, 2.75) is 31.8 Å². The second kappa shape index (κ2) is 5.98. The summed E-state index contributed by atoms with van der Waals surface area (Å²) in [5.74, 6) is -1.02. The predicted molar refractivity (Wildman–Crippen MR) is 70.3 cm³/mol. The highest BCUT2D eigenvalue weighted by Gasteiger charge is 2.37. The van der Waals surface area contributed by atoms with E-state index in [1.807, 2.05) is 6.92 Å². The molecule has 2 atom stereocenters. The van der Waals surface area contributed by atoms with Crippen molar-refractivity contribution in [1.82, 2.24) is 20.4 Å². The topological polar surface area (TPSA) is 102 Å². The second-order valence-corrected chi connectivity index (χ2v) is 5.11. The molecule has 8 heteroatoms. The molecule has 4 amide bonds. The number of carboxylic acid groups (broad SMARTS) is 1. The summed E-state index contributed by atoms with van der Waals surface area (Å²) in [6, 6.07) is -1.33. The Morgan fingerprint density at radius 2 is 2.25 bits per heavy atom. The number of carbonyl (C=O) groups is 3. The maximum absolute atomic E-state index is 12.1. The number of urea groups is 2. The molecule has 0 aromatic rings. The Morgan fingerprint density at radius 3 is 2.90 bits per heavy atom. The van der Waals surface area contributed by atoms with Crippen LogP contribution in [0.1, 0.15) is 19.8 Å². The lowest BCUT2D eigenvalue weighted by Gasteiger charge is -2.36. The number of hydrogen-bond donors (Lipinski definition) is 3. The van der Waals surface area contributed by atoms with Crippen molar-refractivity contribution in [2.24, 2.45) is 0 Å². The average Bonchev–Trinajstić information content (AvgIpc) is 2.79. The van der Waals surface area contributed by atoms with Gasteiger partial charge in [0.05, 0.1) is 6.04 Å². The van der Waals surface area contributed by atoms with Gasteiger partial charge in [0.25, 0.3) is 0 Å². The van der Waals surface area contributed by atoms with E-state index in [-0.39, 0.29) is 18.1 Å². The third kappa shape index (κ3) is 2.94. The molecular formula is C12H20N4O4. The van der Waals surface area contributed by atoms with Crippen molar-refractivity contribution in [3.8, 4) is 0 Å². The molecule has 1 unspecified atom stereocenters. The fourth-order valence-corrected chi connectivity index (χ4v) is 2.57. The number of piperazine rings is 1. The predicted octanol–water partition coefficient (Wildman–Crippen LogP) is -0.341. The van der Waals surface area contributed by atoms with E-state index in [0.29, 0.717) is 39.0 Å². The minimum atomic E-state index is -1.02. The Labute approximate surface area is 117 Å². The molecule has 112 valence electrons. The highest BCUT2D eigenvalue weighted by atomic mass is 16.4. The van der Waals surface area contributed by atoms with Crippen LogP contribution in [0.5, 0.6) is 0 Å². The molecule has 0 bridgehead atoms. The van der Waals surface area contributed by atoms with E-state index >= 15 is 0 Å². The van der Waals surface area contributed by atoms with Crippen LogP contribution in [-0.2, 0) is 4.79 Å². The molecule has 0 aromatic heterocycles. The molecule has 0 spiro atoms. The van der Waals surface area contributed by atoms with Crippen LogP contribution in [0, 0.1) is 0 Å². The summed E-state index contributed by atoms with van der Waals surface area (Å²) in [5.41, 5.74) is 0. The van der Waals surface area contributed by atoms with E-state index in [1.54, 1.807) is 9.80 Å². The van der Waals surface area contributed by atoms with Gasteiger partial charge in [-0.25, -0.2) is 14.4 Å². The first-order valence-electron chi connectivity index (χ1n) is 6.85. The summed E-state index contributed by atoms with van der Waals surface area (Å²) in [6.45, 7) is 3.74. The molecule has 2 rings (SSSR count). The number of hydrogen-bond acceptors (Lipinski definition) is 3. The van der Waals surface area contributed by atoms with Gasteiger partial charge in [-0.1, -0.05) is 13.3 Å². The summed E-state index contributed by atoms with van der Waals surface area (Å²) in [4.78, 5) is 37.9. The van der Waals surface area contributed by atoms with Crippen LogP contribution in [0.4, 0.5) is 9.59 Å². The van der Waals surface area contributed by atoms with E-state index in [2.05, 4.69) is 10.6 Å². The molecule has 0 radical (unpaired) electrons. The molecule has 0 aromatic carbocycles.